The van der Waals surface area contributed by atoms with Gasteiger partial charge in [0.1, 0.15) is 0 Å². The van der Waals surface area contributed by atoms with Crippen LogP contribution in [0.4, 0.5) is 0 Å². The molecule has 196 valence electrons. The van der Waals surface area contributed by atoms with E-state index < -0.39 is 8.53 Å². The molecule has 1 unspecified atom stereocenters. The molecule has 0 aliphatic heterocycles. The van der Waals surface area contributed by atoms with Gasteiger partial charge in [-0.05, 0) is 76.3 Å². The highest BCUT2D eigenvalue weighted by Crippen LogP contribution is 2.46. The summed E-state index contributed by atoms with van der Waals surface area (Å²) < 4.78 is 14.5. The van der Waals surface area contributed by atoms with Crippen LogP contribution in [-0.4, -0.2) is 36.5 Å². The molecule has 5 nitrogen and oxygen atoms in total. The summed E-state index contributed by atoms with van der Waals surface area (Å²) in [7, 11) is -1.22. The van der Waals surface area contributed by atoms with Crippen LogP contribution in [0.5, 0.6) is 0 Å². The van der Waals surface area contributed by atoms with Crippen LogP contribution >= 0.6 is 8.53 Å². The highest BCUT2D eigenvalue weighted by Gasteiger charge is 2.27. The van der Waals surface area contributed by atoms with Gasteiger partial charge in [0.25, 0.3) is 8.53 Å². The molecule has 1 atom stereocenters. The van der Waals surface area contributed by atoms with Crippen LogP contribution in [0.1, 0.15) is 39.7 Å². The van der Waals surface area contributed by atoms with Crippen LogP contribution in [0.2, 0.25) is 0 Å². The molecule has 0 aliphatic carbocycles. The first-order chi connectivity index (χ1) is 18.5. The number of nitrogens with one attached hydrogen (secondary N) is 1. The fourth-order valence-corrected chi connectivity index (χ4v) is 7.18. The van der Waals surface area contributed by atoms with Crippen molar-refractivity contribution in [3.8, 4) is 6.07 Å². The smallest absolute Gasteiger partial charge is 0.259 e. The van der Waals surface area contributed by atoms with Gasteiger partial charge in [0, 0.05) is 25.2 Å². The molecular weight excluding hydrogens is 489 g/mol. The van der Waals surface area contributed by atoms with Gasteiger partial charge in [-0.1, -0.05) is 66.7 Å². The fourth-order valence-electron chi connectivity index (χ4n) is 5.59. The lowest BCUT2D eigenvalue weighted by Crippen LogP contribution is -2.34. The summed E-state index contributed by atoms with van der Waals surface area (Å²) in [5.41, 5.74) is 1.29. The van der Waals surface area contributed by atoms with E-state index in [0.717, 1.165) is 13.1 Å². The van der Waals surface area contributed by atoms with Crippen molar-refractivity contribution in [2.75, 3.05) is 19.8 Å². The Hall–Kier alpha value is -2.84. The van der Waals surface area contributed by atoms with E-state index in [2.05, 4.69) is 110 Å². The molecule has 0 saturated carbocycles. The molecule has 6 heteroatoms. The second-order valence-electron chi connectivity index (χ2n) is 10.3. The van der Waals surface area contributed by atoms with E-state index in [4.69, 9.17) is 14.3 Å². The maximum Gasteiger partial charge on any atom is 0.259 e. The number of fused-ring (bicyclic) bond motifs is 2. The molecular formula is C32H36N3O2P. The van der Waals surface area contributed by atoms with Crippen LogP contribution < -0.4 is 5.32 Å². The van der Waals surface area contributed by atoms with Crippen molar-refractivity contribution in [1.82, 2.24) is 9.99 Å². The van der Waals surface area contributed by atoms with E-state index in [1.165, 1.54) is 48.7 Å². The summed E-state index contributed by atoms with van der Waals surface area (Å²) in [6.07, 6.45) is 0.370. The molecule has 0 fully saturated rings. The second-order valence-corrected chi connectivity index (χ2v) is 11.7. The molecule has 5 aromatic rings. The Bertz CT molecular complexity index is 1520. The first kappa shape index (κ1) is 26.8. The molecule has 0 amide bonds. The SMILES string of the molecule is CC(C)N(C(C)C)P(OCCC#N)OCCNCc1ccc2c3cccc4cccc(c5cccc1c52)c43. The van der Waals surface area contributed by atoms with Gasteiger partial charge in [0.15, 0.2) is 0 Å². The lowest BCUT2D eigenvalue weighted by Gasteiger charge is -2.35. The number of rotatable bonds is 12. The normalized spacial score (nSPS) is 13.1. The van der Waals surface area contributed by atoms with Crippen LogP contribution in [0.3, 0.4) is 0 Å². The van der Waals surface area contributed by atoms with Crippen LogP contribution in [-0.2, 0) is 15.6 Å². The lowest BCUT2D eigenvalue weighted by molar-refractivity contribution is 0.177. The standard InChI is InChI=1S/C32H36N3O2P/c1-22(2)35(23(3)4)38(36-19-8-17-33)37-20-18-34-21-25-15-16-30-28-13-6-10-24-9-5-12-27(31(24)28)29-14-7-11-26(25)32(29)30/h5-7,9-16,22-23,34H,8,18-21H2,1-4H3. The van der Waals surface area contributed by atoms with Crippen molar-refractivity contribution in [2.24, 2.45) is 0 Å². The zero-order chi connectivity index (χ0) is 26.6. The van der Waals surface area contributed by atoms with Crippen molar-refractivity contribution < 1.29 is 9.05 Å². The Morgan fingerprint density at radius 2 is 1.34 bits per heavy atom. The van der Waals surface area contributed by atoms with Crippen molar-refractivity contribution in [3.05, 3.63) is 72.3 Å². The Balaban J connectivity index is 1.33. The summed E-state index contributed by atoms with van der Waals surface area (Å²) in [6.45, 7) is 11.0. The largest absolute Gasteiger partial charge is 0.321 e. The third-order valence-corrected chi connectivity index (χ3v) is 9.18. The Morgan fingerprint density at radius 1 is 0.763 bits per heavy atom. The zero-order valence-electron chi connectivity index (χ0n) is 22.7. The highest BCUT2D eigenvalue weighted by molar-refractivity contribution is 7.44. The molecule has 0 aliphatic rings. The topological polar surface area (TPSA) is 57.5 Å². The first-order valence-corrected chi connectivity index (χ1v) is 14.6. The minimum absolute atomic E-state index is 0.296. The number of nitrogens with zero attached hydrogens (tertiary/aromatic N) is 2. The van der Waals surface area contributed by atoms with Crippen molar-refractivity contribution in [2.45, 2.75) is 52.7 Å². The van der Waals surface area contributed by atoms with Crippen LogP contribution in [0, 0.1) is 11.3 Å². The van der Waals surface area contributed by atoms with Gasteiger partial charge >= 0.3 is 0 Å². The highest BCUT2D eigenvalue weighted by atomic mass is 31.2. The number of nitriles is 1. The third-order valence-electron chi connectivity index (χ3n) is 7.07. The Labute approximate surface area is 226 Å². The summed E-state index contributed by atoms with van der Waals surface area (Å²) >= 11 is 0. The van der Waals surface area contributed by atoms with Crippen LogP contribution in [0.15, 0.2) is 66.7 Å². The molecule has 38 heavy (non-hydrogen) atoms. The summed E-state index contributed by atoms with van der Waals surface area (Å²) in [5, 5.41) is 23.1. The van der Waals surface area contributed by atoms with Gasteiger partial charge in [-0.15, -0.1) is 0 Å². The van der Waals surface area contributed by atoms with E-state index in [0.29, 0.717) is 31.7 Å². The predicted octanol–water partition coefficient (Wildman–Crippen LogP) is 8.12. The maximum absolute atomic E-state index is 8.92. The first-order valence-electron chi connectivity index (χ1n) is 13.5. The molecule has 0 heterocycles. The predicted molar refractivity (Wildman–Crippen MR) is 161 cm³/mol. The summed E-state index contributed by atoms with van der Waals surface area (Å²) in [6, 6.07) is 27.2. The Kier molecular flexibility index (Phi) is 8.39. The monoisotopic (exact) mass is 525 g/mol. The molecule has 0 saturated heterocycles. The molecule has 0 aromatic heterocycles. The van der Waals surface area contributed by atoms with Crippen LogP contribution in [0.25, 0.3) is 43.1 Å². The van der Waals surface area contributed by atoms with Gasteiger partial charge in [0.2, 0.25) is 0 Å². The molecule has 0 bridgehead atoms. The molecule has 5 aromatic carbocycles. The van der Waals surface area contributed by atoms with E-state index >= 15 is 0 Å². The van der Waals surface area contributed by atoms with E-state index in [1.54, 1.807) is 0 Å². The number of benzene rings is 5. The molecule has 0 radical (unpaired) electrons. The zero-order valence-corrected chi connectivity index (χ0v) is 23.6. The maximum atomic E-state index is 8.92. The van der Waals surface area contributed by atoms with E-state index in [1.807, 2.05) is 0 Å². The van der Waals surface area contributed by atoms with Gasteiger partial charge in [-0.2, -0.15) is 5.26 Å². The van der Waals surface area contributed by atoms with Crippen molar-refractivity contribution >= 4 is 51.6 Å². The lowest BCUT2D eigenvalue weighted by atomic mass is 9.88. The number of hydrogen-bond acceptors (Lipinski definition) is 5. The molecule has 5 rings (SSSR count). The van der Waals surface area contributed by atoms with E-state index in [-0.39, 0.29) is 0 Å². The van der Waals surface area contributed by atoms with Gasteiger partial charge in [-0.25, -0.2) is 4.67 Å². The average molecular weight is 526 g/mol. The summed E-state index contributed by atoms with van der Waals surface area (Å²) in [5.74, 6) is 0. The van der Waals surface area contributed by atoms with Crippen molar-refractivity contribution in [1.29, 1.82) is 5.26 Å². The average Bonchev–Trinajstić information content (AvgIpc) is 2.91. The third kappa shape index (κ3) is 5.21. The van der Waals surface area contributed by atoms with Gasteiger partial charge in [-0.3, -0.25) is 0 Å². The van der Waals surface area contributed by atoms with Gasteiger partial charge < -0.3 is 14.4 Å². The minimum Gasteiger partial charge on any atom is -0.321 e. The number of hydrogen-bond donors (Lipinski definition) is 1. The summed E-state index contributed by atoms with van der Waals surface area (Å²) in [4.78, 5) is 0. The quantitative estimate of drug-likeness (QED) is 0.0771. The van der Waals surface area contributed by atoms with E-state index in [9.17, 15) is 0 Å². The van der Waals surface area contributed by atoms with Gasteiger partial charge in [0.05, 0.1) is 25.7 Å². The minimum atomic E-state index is -1.22. The molecule has 0 spiro atoms. The Morgan fingerprint density at radius 3 is 2.00 bits per heavy atom. The van der Waals surface area contributed by atoms with Crippen molar-refractivity contribution in [3.63, 3.8) is 0 Å². The second kappa shape index (κ2) is 11.9. The fraction of sp³-hybridized carbons (Fsp3) is 0.344. The molecule has 1 N–H and O–H groups in total.